The van der Waals surface area contributed by atoms with Gasteiger partial charge < -0.3 is 19.9 Å². The van der Waals surface area contributed by atoms with Crippen molar-refractivity contribution in [3.8, 4) is 11.5 Å². The number of ether oxygens (including phenoxy) is 1. The molecule has 3 aromatic rings. The molecule has 0 atom stereocenters. The predicted molar refractivity (Wildman–Crippen MR) is 82.7 cm³/mol. The molecule has 0 unspecified atom stereocenters. The van der Waals surface area contributed by atoms with Crippen molar-refractivity contribution in [3.63, 3.8) is 0 Å². The van der Waals surface area contributed by atoms with Crippen LogP contribution in [-0.2, 0) is 4.74 Å². The summed E-state index contributed by atoms with van der Waals surface area (Å²) in [6, 6.07) is 10.8. The molecular formula is C17H13NO5. The second-order valence-electron chi connectivity index (χ2n) is 4.95. The lowest BCUT2D eigenvalue weighted by molar-refractivity contribution is 0.0472. The van der Waals surface area contributed by atoms with Gasteiger partial charge in [0, 0.05) is 28.7 Å². The van der Waals surface area contributed by atoms with Crippen LogP contribution in [0, 0.1) is 0 Å². The number of benzene rings is 2. The summed E-state index contributed by atoms with van der Waals surface area (Å²) < 4.78 is 4.94. The molecule has 6 heteroatoms. The largest absolute Gasteiger partial charge is 0.508 e. The third kappa shape index (κ3) is 2.87. The first-order valence-corrected chi connectivity index (χ1v) is 6.84. The number of nitrogens with one attached hydrogen (secondary N) is 1. The molecule has 3 N–H and O–H groups in total. The third-order valence-electron chi connectivity index (χ3n) is 3.43. The van der Waals surface area contributed by atoms with E-state index in [-0.39, 0.29) is 17.1 Å². The molecule has 0 bridgehead atoms. The van der Waals surface area contributed by atoms with Gasteiger partial charge in [0.25, 0.3) is 0 Å². The lowest BCUT2D eigenvalue weighted by Crippen LogP contribution is -2.14. The SMILES string of the molecule is O=C(OCC(=O)c1c[nH]c2ccccc12)c1ccc(O)cc1O. The maximum atomic E-state index is 12.2. The fourth-order valence-electron chi connectivity index (χ4n) is 2.28. The summed E-state index contributed by atoms with van der Waals surface area (Å²) in [4.78, 5) is 27.1. The second-order valence-corrected chi connectivity index (χ2v) is 4.95. The minimum Gasteiger partial charge on any atom is -0.508 e. The normalized spacial score (nSPS) is 10.6. The summed E-state index contributed by atoms with van der Waals surface area (Å²) in [5, 5.41) is 19.5. The van der Waals surface area contributed by atoms with E-state index in [1.165, 1.54) is 12.1 Å². The van der Waals surface area contributed by atoms with Gasteiger partial charge in [0.2, 0.25) is 5.78 Å². The third-order valence-corrected chi connectivity index (χ3v) is 3.43. The Hall–Kier alpha value is -3.28. The fourth-order valence-corrected chi connectivity index (χ4v) is 2.28. The first kappa shape index (κ1) is 14.6. The zero-order chi connectivity index (χ0) is 16.4. The number of aromatic nitrogens is 1. The van der Waals surface area contributed by atoms with E-state index in [0.29, 0.717) is 5.56 Å². The van der Waals surface area contributed by atoms with Gasteiger partial charge in [-0.2, -0.15) is 0 Å². The summed E-state index contributed by atoms with van der Waals surface area (Å²) in [5.41, 5.74) is 1.14. The van der Waals surface area contributed by atoms with Crippen molar-refractivity contribution < 1.29 is 24.5 Å². The van der Waals surface area contributed by atoms with Crippen LogP contribution < -0.4 is 0 Å². The highest BCUT2D eigenvalue weighted by atomic mass is 16.5. The van der Waals surface area contributed by atoms with Gasteiger partial charge in [0.05, 0.1) is 0 Å². The number of phenols is 2. The number of H-pyrrole nitrogens is 1. The van der Waals surface area contributed by atoms with Crippen LogP contribution in [0.4, 0.5) is 0 Å². The Balaban J connectivity index is 1.72. The number of esters is 1. The van der Waals surface area contributed by atoms with E-state index in [0.717, 1.165) is 17.0 Å². The van der Waals surface area contributed by atoms with Crippen LogP contribution in [0.3, 0.4) is 0 Å². The lowest BCUT2D eigenvalue weighted by atomic mass is 10.1. The van der Waals surface area contributed by atoms with Crippen LogP contribution in [0.2, 0.25) is 0 Å². The maximum Gasteiger partial charge on any atom is 0.342 e. The molecular weight excluding hydrogens is 298 g/mol. The molecule has 1 aromatic heterocycles. The van der Waals surface area contributed by atoms with Crippen molar-refractivity contribution in [1.82, 2.24) is 4.98 Å². The molecule has 116 valence electrons. The first-order chi connectivity index (χ1) is 11.1. The zero-order valence-corrected chi connectivity index (χ0v) is 11.9. The van der Waals surface area contributed by atoms with Crippen LogP contribution in [0.15, 0.2) is 48.7 Å². The highest BCUT2D eigenvalue weighted by Gasteiger charge is 2.17. The molecule has 23 heavy (non-hydrogen) atoms. The quantitative estimate of drug-likeness (QED) is 0.508. The number of phenolic OH excluding ortho intramolecular Hbond substituents is 2. The number of carbonyl (C=O) groups excluding carboxylic acids is 2. The highest BCUT2D eigenvalue weighted by Crippen LogP contribution is 2.23. The Morgan fingerprint density at radius 2 is 1.83 bits per heavy atom. The number of hydrogen-bond donors (Lipinski definition) is 3. The molecule has 0 amide bonds. The van der Waals surface area contributed by atoms with Gasteiger partial charge in [-0.15, -0.1) is 0 Å². The van der Waals surface area contributed by atoms with E-state index in [2.05, 4.69) is 4.98 Å². The topological polar surface area (TPSA) is 99.6 Å². The monoisotopic (exact) mass is 311 g/mol. The Bertz CT molecular complexity index is 897. The molecule has 0 fully saturated rings. The Morgan fingerprint density at radius 3 is 2.61 bits per heavy atom. The number of carbonyl (C=O) groups is 2. The molecule has 2 aromatic carbocycles. The molecule has 0 aliphatic rings. The number of hydrogen-bond acceptors (Lipinski definition) is 5. The van der Waals surface area contributed by atoms with Crippen LogP contribution >= 0.6 is 0 Å². The minimum atomic E-state index is -0.837. The number of aromatic amines is 1. The van der Waals surface area contributed by atoms with Crippen molar-refractivity contribution >= 4 is 22.7 Å². The fraction of sp³-hybridized carbons (Fsp3) is 0.0588. The molecule has 0 saturated heterocycles. The average molecular weight is 311 g/mol. The van der Waals surface area contributed by atoms with E-state index in [1.54, 1.807) is 12.3 Å². The smallest absolute Gasteiger partial charge is 0.342 e. The molecule has 0 spiro atoms. The van der Waals surface area contributed by atoms with Crippen molar-refractivity contribution in [3.05, 3.63) is 59.8 Å². The van der Waals surface area contributed by atoms with E-state index < -0.39 is 18.3 Å². The summed E-state index contributed by atoms with van der Waals surface area (Å²) >= 11 is 0. The number of Topliss-reactive ketones (excluding diaryl/α,β-unsaturated/α-hetero) is 1. The standard InChI is InChI=1S/C17H13NO5/c19-10-5-6-12(15(20)7-10)17(22)23-9-16(21)13-8-18-14-4-2-1-3-11(13)14/h1-8,18-20H,9H2. The van der Waals surface area contributed by atoms with Gasteiger partial charge in [0.15, 0.2) is 6.61 Å². The van der Waals surface area contributed by atoms with Gasteiger partial charge in [-0.25, -0.2) is 4.79 Å². The summed E-state index contributed by atoms with van der Waals surface area (Å²) in [6.07, 6.45) is 1.57. The van der Waals surface area contributed by atoms with E-state index in [9.17, 15) is 19.8 Å². The Morgan fingerprint density at radius 1 is 1.04 bits per heavy atom. The van der Waals surface area contributed by atoms with Crippen molar-refractivity contribution in [1.29, 1.82) is 0 Å². The van der Waals surface area contributed by atoms with Crippen molar-refractivity contribution in [2.24, 2.45) is 0 Å². The maximum absolute atomic E-state index is 12.2. The molecule has 0 aliphatic heterocycles. The van der Waals surface area contributed by atoms with Crippen molar-refractivity contribution in [2.75, 3.05) is 6.61 Å². The number of fused-ring (bicyclic) bond motifs is 1. The zero-order valence-electron chi connectivity index (χ0n) is 11.9. The number of rotatable bonds is 4. The number of para-hydroxylation sites is 1. The van der Waals surface area contributed by atoms with E-state index in [1.807, 2.05) is 18.2 Å². The van der Waals surface area contributed by atoms with E-state index >= 15 is 0 Å². The molecule has 0 saturated carbocycles. The van der Waals surface area contributed by atoms with Crippen molar-refractivity contribution in [2.45, 2.75) is 0 Å². The van der Waals surface area contributed by atoms with Crippen LogP contribution in [-0.4, -0.2) is 33.6 Å². The van der Waals surface area contributed by atoms with Gasteiger partial charge in [-0.05, 0) is 18.2 Å². The highest BCUT2D eigenvalue weighted by molar-refractivity contribution is 6.09. The molecule has 0 aliphatic carbocycles. The molecule has 3 rings (SSSR count). The minimum absolute atomic E-state index is 0.116. The van der Waals surface area contributed by atoms with E-state index in [4.69, 9.17) is 4.74 Å². The number of aromatic hydroxyl groups is 2. The van der Waals surface area contributed by atoms with Gasteiger partial charge in [-0.1, -0.05) is 18.2 Å². The van der Waals surface area contributed by atoms with Gasteiger partial charge in [0.1, 0.15) is 17.1 Å². The van der Waals surface area contributed by atoms with Crippen LogP contribution in [0.5, 0.6) is 11.5 Å². The van der Waals surface area contributed by atoms with Crippen LogP contribution in [0.25, 0.3) is 10.9 Å². The predicted octanol–water partition coefficient (Wildman–Crippen LogP) is 2.62. The first-order valence-electron chi connectivity index (χ1n) is 6.84. The Kier molecular flexibility index (Phi) is 3.72. The number of ketones is 1. The van der Waals surface area contributed by atoms with Crippen LogP contribution in [0.1, 0.15) is 20.7 Å². The summed E-state index contributed by atoms with van der Waals surface area (Å²) in [6.45, 7) is -0.443. The van der Waals surface area contributed by atoms with Gasteiger partial charge >= 0.3 is 5.97 Å². The molecule has 1 heterocycles. The molecule has 0 radical (unpaired) electrons. The summed E-state index contributed by atoms with van der Waals surface area (Å²) in [5.74, 6) is -1.77. The molecule has 6 nitrogen and oxygen atoms in total. The average Bonchev–Trinajstić information content (AvgIpc) is 2.96. The second kappa shape index (κ2) is 5.84. The van der Waals surface area contributed by atoms with Gasteiger partial charge in [-0.3, -0.25) is 4.79 Å². The summed E-state index contributed by atoms with van der Waals surface area (Å²) in [7, 11) is 0. The Labute approximate surface area is 130 Å². The lowest BCUT2D eigenvalue weighted by Gasteiger charge is -2.06.